The van der Waals surface area contributed by atoms with E-state index in [1.54, 1.807) is 0 Å². The van der Waals surface area contributed by atoms with Gasteiger partial charge in [0.25, 0.3) is 0 Å². The van der Waals surface area contributed by atoms with Crippen LogP contribution in [0.3, 0.4) is 0 Å². The van der Waals surface area contributed by atoms with Crippen LogP contribution in [0.4, 0.5) is 5.69 Å². The molecule has 0 radical (unpaired) electrons. The van der Waals surface area contributed by atoms with Gasteiger partial charge in [-0.15, -0.1) is 0 Å². The van der Waals surface area contributed by atoms with Gasteiger partial charge in [-0.05, 0) is 26.0 Å². The molecule has 0 saturated carbocycles. The van der Waals surface area contributed by atoms with Crippen LogP contribution in [0.1, 0.15) is 20.3 Å². The first-order valence-electron chi connectivity index (χ1n) is 7.38. The van der Waals surface area contributed by atoms with E-state index in [2.05, 4.69) is 10.3 Å². The topological polar surface area (TPSA) is 82.0 Å². The van der Waals surface area contributed by atoms with Crippen LogP contribution in [-0.4, -0.2) is 45.3 Å². The minimum Gasteiger partial charge on any atom is -0.505 e. The first-order chi connectivity index (χ1) is 11.4. The van der Waals surface area contributed by atoms with Gasteiger partial charge in [-0.2, -0.15) is 0 Å². The van der Waals surface area contributed by atoms with E-state index in [0.717, 1.165) is 0 Å². The molecule has 2 rings (SSSR count). The highest BCUT2D eigenvalue weighted by Crippen LogP contribution is 2.37. The predicted octanol–water partition coefficient (Wildman–Crippen LogP) is 3.18. The van der Waals surface area contributed by atoms with Gasteiger partial charge in [0.05, 0.1) is 15.7 Å². The molecular weight excluding hydrogens is 373 g/mol. The van der Waals surface area contributed by atoms with Gasteiger partial charge in [0.2, 0.25) is 11.8 Å². The molecule has 0 spiro atoms. The van der Waals surface area contributed by atoms with Crippen LogP contribution in [0.2, 0.25) is 10.0 Å². The van der Waals surface area contributed by atoms with E-state index < -0.39 is 5.25 Å². The van der Waals surface area contributed by atoms with Crippen LogP contribution in [0.5, 0.6) is 5.75 Å². The molecule has 1 aliphatic rings. The molecule has 1 heterocycles. The molecule has 1 aromatic rings. The molecule has 0 aromatic heterocycles. The normalized spacial score (nSPS) is 19.2. The van der Waals surface area contributed by atoms with Gasteiger partial charge in [0, 0.05) is 19.5 Å². The minimum absolute atomic E-state index is 0.0816. The number of carbonyl (C=O) groups is 2. The highest BCUT2D eigenvalue weighted by atomic mass is 35.5. The number of aromatic hydroxyl groups is 1. The largest absolute Gasteiger partial charge is 0.505 e. The van der Waals surface area contributed by atoms with Gasteiger partial charge < -0.3 is 10.4 Å². The number of aliphatic imine (C=N–C) groups is 1. The number of nitrogens with zero attached hydrogens (tertiary/aromatic N) is 2. The molecule has 1 aliphatic heterocycles. The molecule has 1 unspecified atom stereocenters. The Kier molecular flexibility index (Phi) is 6.37. The second-order valence-electron chi connectivity index (χ2n) is 5.00. The van der Waals surface area contributed by atoms with Gasteiger partial charge in [0.15, 0.2) is 10.9 Å². The number of amides is 2. The van der Waals surface area contributed by atoms with Crippen LogP contribution in [0.25, 0.3) is 0 Å². The maximum Gasteiger partial charge on any atom is 0.242 e. The van der Waals surface area contributed by atoms with E-state index in [9.17, 15) is 14.7 Å². The number of nitrogens with one attached hydrogen (secondary N) is 1. The second kappa shape index (κ2) is 8.09. The smallest absolute Gasteiger partial charge is 0.242 e. The number of rotatable bonds is 5. The summed E-state index contributed by atoms with van der Waals surface area (Å²) in [5.41, 5.74) is 0.426. The summed E-state index contributed by atoms with van der Waals surface area (Å²) in [5.74, 6) is -0.529. The number of phenols is 1. The third kappa shape index (κ3) is 4.15. The summed E-state index contributed by atoms with van der Waals surface area (Å²) in [6.45, 7) is 4.62. The number of phenolic OH excluding ortho intramolecular Hbond substituents is 1. The Morgan fingerprint density at radius 3 is 2.54 bits per heavy atom. The zero-order chi connectivity index (χ0) is 17.9. The lowest BCUT2D eigenvalue weighted by Crippen LogP contribution is -2.34. The van der Waals surface area contributed by atoms with Gasteiger partial charge in [-0.25, -0.2) is 4.99 Å². The second-order valence-corrected chi connectivity index (χ2v) is 6.98. The number of hydrogen-bond donors (Lipinski definition) is 2. The average molecular weight is 390 g/mol. The Morgan fingerprint density at radius 2 is 2.00 bits per heavy atom. The van der Waals surface area contributed by atoms with E-state index in [0.29, 0.717) is 23.9 Å². The summed E-state index contributed by atoms with van der Waals surface area (Å²) in [4.78, 5) is 30.1. The minimum atomic E-state index is -0.502. The third-order valence-corrected chi connectivity index (χ3v) is 5.06. The van der Waals surface area contributed by atoms with Gasteiger partial charge in [-0.3, -0.25) is 14.5 Å². The summed E-state index contributed by atoms with van der Waals surface area (Å²) in [6.07, 6.45) is 0.101. The van der Waals surface area contributed by atoms with E-state index in [4.69, 9.17) is 23.2 Å². The molecular formula is C15H17Cl2N3O3S. The summed E-state index contributed by atoms with van der Waals surface area (Å²) < 4.78 is 0. The maximum atomic E-state index is 12.4. The van der Waals surface area contributed by atoms with Crippen LogP contribution < -0.4 is 5.32 Å². The van der Waals surface area contributed by atoms with Gasteiger partial charge in [-0.1, -0.05) is 35.0 Å². The number of carbonyl (C=O) groups excluding carboxylic acids is 2. The quantitative estimate of drug-likeness (QED) is 0.809. The fraction of sp³-hybridized carbons (Fsp3) is 0.400. The lowest BCUT2D eigenvalue weighted by Gasteiger charge is -2.13. The molecule has 130 valence electrons. The number of amidine groups is 1. The van der Waals surface area contributed by atoms with Crippen LogP contribution >= 0.6 is 35.0 Å². The first kappa shape index (κ1) is 18.9. The zero-order valence-corrected chi connectivity index (χ0v) is 15.5. The van der Waals surface area contributed by atoms with Gasteiger partial charge >= 0.3 is 0 Å². The van der Waals surface area contributed by atoms with E-state index in [1.807, 2.05) is 13.8 Å². The average Bonchev–Trinajstić information content (AvgIpc) is 2.80. The highest BCUT2D eigenvalue weighted by Gasteiger charge is 2.38. The molecule has 2 N–H and O–H groups in total. The van der Waals surface area contributed by atoms with Crippen molar-refractivity contribution in [2.75, 3.05) is 13.1 Å². The van der Waals surface area contributed by atoms with Crippen LogP contribution in [0.15, 0.2) is 17.1 Å². The number of hydrogen-bond acceptors (Lipinski definition) is 5. The van der Waals surface area contributed by atoms with Crippen molar-refractivity contribution in [3.05, 3.63) is 22.2 Å². The molecule has 1 saturated heterocycles. The molecule has 0 aliphatic carbocycles. The number of benzene rings is 1. The van der Waals surface area contributed by atoms with Crippen molar-refractivity contribution in [2.24, 2.45) is 4.99 Å². The van der Waals surface area contributed by atoms with Crippen molar-refractivity contribution in [3.63, 3.8) is 0 Å². The summed E-state index contributed by atoms with van der Waals surface area (Å²) in [5, 5.41) is 12.4. The van der Waals surface area contributed by atoms with Crippen molar-refractivity contribution < 1.29 is 14.7 Å². The Bertz CT molecular complexity index is 674. The van der Waals surface area contributed by atoms with Crippen LogP contribution in [0, 0.1) is 0 Å². The number of halogens is 2. The standard InChI is InChI=1S/C15H17Cl2N3O3S/c1-3-18-12(21)7-11-14(23)20(4-2)15(24-11)19-8-5-9(16)13(22)10(17)6-8/h5-6,11,22H,3-4,7H2,1-2H3,(H,18,21). The zero-order valence-electron chi connectivity index (χ0n) is 13.2. The fourth-order valence-corrected chi connectivity index (χ4v) is 3.88. The molecule has 1 atom stereocenters. The van der Waals surface area contributed by atoms with Crippen molar-refractivity contribution in [3.8, 4) is 5.75 Å². The molecule has 2 amide bonds. The van der Waals surface area contributed by atoms with E-state index in [1.165, 1.54) is 28.8 Å². The Labute approximate surface area is 154 Å². The third-order valence-electron chi connectivity index (χ3n) is 3.31. The summed E-state index contributed by atoms with van der Waals surface area (Å²) in [7, 11) is 0. The Morgan fingerprint density at radius 1 is 1.38 bits per heavy atom. The highest BCUT2D eigenvalue weighted by molar-refractivity contribution is 8.15. The van der Waals surface area contributed by atoms with Crippen molar-refractivity contribution >= 4 is 57.6 Å². The molecule has 1 fully saturated rings. The molecule has 24 heavy (non-hydrogen) atoms. The fourth-order valence-electron chi connectivity index (χ4n) is 2.18. The lowest BCUT2D eigenvalue weighted by molar-refractivity contribution is -0.129. The SMILES string of the molecule is CCNC(=O)CC1SC(=Nc2cc(Cl)c(O)c(Cl)c2)N(CC)C1=O. The summed E-state index contributed by atoms with van der Waals surface area (Å²) in [6, 6.07) is 2.93. The van der Waals surface area contributed by atoms with Gasteiger partial charge in [0.1, 0.15) is 5.25 Å². The molecule has 1 aromatic carbocycles. The Balaban J connectivity index is 2.26. The monoisotopic (exact) mass is 389 g/mol. The van der Waals surface area contributed by atoms with E-state index in [-0.39, 0.29) is 34.0 Å². The van der Waals surface area contributed by atoms with E-state index >= 15 is 0 Å². The maximum absolute atomic E-state index is 12.4. The molecule has 0 bridgehead atoms. The first-order valence-corrected chi connectivity index (χ1v) is 9.02. The van der Waals surface area contributed by atoms with Crippen molar-refractivity contribution in [1.82, 2.24) is 10.2 Å². The van der Waals surface area contributed by atoms with Crippen molar-refractivity contribution in [2.45, 2.75) is 25.5 Å². The van der Waals surface area contributed by atoms with Crippen LogP contribution in [-0.2, 0) is 9.59 Å². The lowest BCUT2D eigenvalue weighted by atomic mass is 10.2. The summed E-state index contributed by atoms with van der Waals surface area (Å²) >= 11 is 13.0. The Hall–Kier alpha value is -1.44. The molecule has 9 heteroatoms. The van der Waals surface area contributed by atoms with Crippen molar-refractivity contribution in [1.29, 1.82) is 0 Å². The predicted molar refractivity (Wildman–Crippen MR) is 97.3 cm³/mol. The number of thioether (sulfide) groups is 1. The molecule has 6 nitrogen and oxygen atoms in total.